The number of ether oxygens (including phenoxy) is 4. The van der Waals surface area contributed by atoms with E-state index in [1.165, 1.54) is 11.3 Å². The minimum absolute atomic E-state index is 0.171. The SMILES string of the molecule is C=C[C@@H]1C[C@]1(CC(=O)[C@@H]1C[C@@H](Oc2cc(-c3nc(C(C)C)cs3)nc3c(Cl)c(OCCN4CCOCC4)ccc23)[C@H]2CC[C@H](C(C)OC)C(=O)N21)C(=O)NS(=O)(=O)C1CC1. The lowest BCUT2D eigenvalue weighted by atomic mass is 9.87. The Morgan fingerprint density at radius 1 is 1.13 bits per heavy atom. The number of sulfonamides is 1. The van der Waals surface area contributed by atoms with Crippen molar-refractivity contribution in [2.45, 2.75) is 101 Å². The van der Waals surface area contributed by atoms with Gasteiger partial charge in [0.05, 0.1) is 59.2 Å². The lowest BCUT2D eigenvalue weighted by Crippen LogP contribution is -2.55. The zero-order valence-electron chi connectivity index (χ0n) is 34.6. The van der Waals surface area contributed by atoms with E-state index in [4.69, 9.17) is 40.5 Å². The maximum Gasteiger partial charge on any atom is 0.240 e. The van der Waals surface area contributed by atoms with E-state index in [2.05, 4.69) is 30.0 Å². The number of rotatable bonds is 17. The maximum absolute atomic E-state index is 14.6. The summed E-state index contributed by atoms with van der Waals surface area (Å²) >= 11 is 8.59. The predicted octanol–water partition coefficient (Wildman–Crippen LogP) is 5.77. The van der Waals surface area contributed by atoms with Crippen LogP contribution in [0.3, 0.4) is 0 Å². The summed E-state index contributed by atoms with van der Waals surface area (Å²) in [5, 5.41) is 3.08. The third kappa shape index (κ3) is 8.44. The number of hydrogen-bond donors (Lipinski definition) is 1. The highest BCUT2D eigenvalue weighted by atomic mass is 35.5. The van der Waals surface area contributed by atoms with Crippen molar-refractivity contribution >= 4 is 61.5 Å². The number of morpholine rings is 1. The van der Waals surface area contributed by atoms with Crippen molar-refractivity contribution in [1.82, 2.24) is 24.5 Å². The Morgan fingerprint density at radius 2 is 1.90 bits per heavy atom. The molecule has 2 saturated carbocycles. The number of carbonyl (C=O) groups is 3. The topological polar surface area (TPSA) is 167 Å². The van der Waals surface area contributed by atoms with Gasteiger partial charge in [-0.15, -0.1) is 17.9 Å². The Kier molecular flexibility index (Phi) is 12.4. The van der Waals surface area contributed by atoms with Gasteiger partial charge in [-0.1, -0.05) is 31.5 Å². The van der Waals surface area contributed by atoms with Crippen LogP contribution in [0.25, 0.3) is 21.6 Å². The smallest absolute Gasteiger partial charge is 0.240 e. The van der Waals surface area contributed by atoms with Gasteiger partial charge in [0.2, 0.25) is 21.8 Å². The molecule has 17 heteroatoms. The Labute approximate surface area is 360 Å². The van der Waals surface area contributed by atoms with Crippen LogP contribution in [0.15, 0.2) is 36.2 Å². The molecule has 0 bridgehead atoms. The van der Waals surface area contributed by atoms with Crippen molar-refractivity contribution in [3.8, 4) is 22.2 Å². The third-order valence-electron chi connectivity index (χ3n) is 13.0. The highest BCUT2D eigenvalue weighted by Crippen LogP contribution is 2.57. The summed E-state index contributed by atoms with van der Waals surface area (Å²) in [4.78, 5) is 56.5. The average Bonchev–Trinajstić information content (AvgIpc) is 4.13. The molecule has 3 aromatic rings. The van der Waals surface area contributed by atoms with E-state index in [-0.39, 0.29) is 42.5 Å². The number of hydrogen-bond acceptors (Lipinski definition) is 13. The van der Waals surface area contributed by atoms with Gasteiger partial charge in [-0.05, 0) is 63.0 Å². The van der Waals surface area contributed by atoms with Gasteiger partial charge in [0, 0.05) is 56.4 Å². The molecule has 60 heavy (non-hydrogen) atoms. The fourth-order valence-corrected chi connectivity index (χ4v) is 11.6. The number of allylic oxidation sites excluding steroid dienone is 1. The number of nitrogens with one attached hydrogen (secondary N) is 1. The largest absolute Gasteiger partial charge is 0.491 e. The molecule has 0 radical (unpaired) electrons. The van der Waals surface area contributed by atoms with E-state index in [1.807, 2.05) is 30.5 Å². The number of benzene rings is 1. The molecule has 8 rings (SSSR count). The summed E-state index contributed by atoms with van der Waals surface area (Å²) in [5.41, 5.74) is 0.718. The number of halogens is 1. The summed E-state index contributed by atoms with van der Waals surface area (Å²) < 4.78 is 52.2. The van der Waals surface area contributed by atoms with Crippen molar-refractivity contribution in [2.24, 2.45) is 17.3 Å². The molecule has 1 N–H and O–H groups in total. The van der Waals surface area contributed by atoms with Gasteiger partial charge in [-0.3, -0.25) is 24.0 Å². The zero-order valence-corrected chi connectivity index (χ0v) is 37.0. The Morgan fingerprint density at radius 3 is 2.57 bits per heavy atom. The summed E-state index contributed by atoms with van der Waals surface area (Å²) in [6.45, 7) is 14.1. The first kappa shape index (κ1) is 43.0. The van der Waals surface area contributed by atoms with Crippen LogP contribution in [0, 0.1) is 17.3 Å². The lowest BCUT2D eigenvalue weighted by molar-refractivity contribution is -0.152. The fourth-order valence-electron chi connectivity index (χ4n) is 9.00. The van der Waals surface area contributed by atoms with Gasteiger partial charge in [0.25, 0.3) is 0 Å². The van der Waals surface area contributed by atoms with E-state index in [0.29, 0.717) is 90.1 Å². The van der Waals surface area contributed by atoms with Gasteiger partial charge in [-0.2, -0.15) is 0 Å². The molecule has 5 aliphatic rings. The number of piperidine rings is 1. The van der Waals surface area contributed by atoms with E-state index in [1.54, 1.807) is 18.1 Å². The molecule has 3 aliphatic heterocycles. The van der Waals surface area contributed by atoms with Crippen LogP contribution < -0.4 is 14.2 Å². The monoisotopic (exact) mass is 883 g/mol. The molecule has 5 fully saturated rings. The summed E-state index contributed by atoms with van der Waals surface area (Å²) in [5.74, 6) is -0.890. The first-order chi connectivity index (χ1) is 28.7. The molecule has 3 saturated heterocycles. The van der Waals surface area contributed by atoms with Crippen molar-refractivity contribution in [1.29, 1.82) is 0 Å². The van der Waals surface area contributed by atoms with Gasteiger partial charge < -0.3 is 23.8 Å². The second-order valence-electron chi connectivity index (χ2n) is 17.2. The highest BCUT2D eigenvalue weighted by molar-refractivity contribution is 7.90. The summed E-state index contributed by atoms with van der Waals surface area (Å²) in [6.07, 6.45) is 2.92. The van der Waals surface area contributed by atoms with Crippen molar-refractivity contribution in [3.63, 3.8) is 0 Å². The summed E-state index contributed by atoms with van der Waals surface area (Å²) in [7, 11) is -2.28. The number of methoxy groups -OCH3 is 1. The standard InChI is InChI=1S/C43H54ClN5O9S2/c1-6-26-21-43(26,42(52)47-60(53,54)27-7-8-27)22-34(50)33-20-37(32-11-9-28(25(4)55-5)41(51)49(32)33)58-36-19-30(40-46-31(23-59-40)24(2)3)45-39-29(36)10-12-35(38(39)44)57-18-15-48-13-16-56-17-14-48/h6,10,12,19,23-28,32-33,37H,1,7-9,11,13-18,20-22H2,2-5H3,(H,47,52)/t25?,26-,28-,32-,33+,37-,43-/m1/s1. The van der Waals surface area contributed by atoms with Gasteiger partial charge in [0.15, 0.2) is 5.78 Å². The highest BCUT2D eigenvalue weighted by Gasteiger charge is 2.62. The van der Waals surface area contributed by atoms with E-state index in [9.17, 15) is 22.8 Å². The van der Waals surface area contributed by atoms with Crippen molar-refractivity contribution in [2.75, 3.05) is 46.6 Å². The first-order valence-electron chi connectivity index (χ1n) is 21.0. The number of amides is 2. The second-order valence-corrected chi connectivity index (χ2v) is 20.4. The maximum atomic E-state index is 14.6. The molecule has 1 aromatic carbocycles. The quantitative estimate of drug-likeness (QED) is 0.163. The molecule has 7 atom stereocenters. The average molecular weight is 885 g/mol. The normalized spacial score (nSPS) is 27.5. The minimum Gasteiger partial charge on any atom is -0.491 e. The summed E-state index contributed by atoms with van der Waals surface area (Å²) in [6, 6.07) is 4.16. The number of thiazole rings is 1. The Balaban J connectivity index is 1.11. The van der Waals surface area contributed by atoms with E-state index >= 15 is 0 Å². The van der Waals surface area contributed by atoms with E-state index < -0.39 is 50.7 Å². The van der Waals surface area contributed by atoms with Crippen LogP contribution >= 0.6 is 22.9 Å². The van der Waals surface area contributed by atoms with Crippen LogP contribution in [0.5, 0.6) is 11.5 Å². The first-order valence-corrected chi connectivity index (χ1v) is 23.8. The van der Waals surface area contributed by atoms with Crippen LogP contribution in [0.1, 0.15) is 77.3 Å². The number of fused-ring (bicyclic) bond motifs is 2. The molecule has 324 valence electrons. The van der Waals surface area contributed by atoms with Crippen molar-refractivity contribution < 1.29 is 41.7 Å². The minimum atomic E-state index is -3.84. The molecular formula is C43H54ClN5O9S2. The number of pyridine rings is 1. The fraction of sp³-hybridized carbons (Fsp3) is 0.605. The molecule has 14 nitrogen and oxygen atoms in total. The Bertz CT molecular complexity index is 2260. The number of Topliss-reactive ketones (excluding diaryl/α,β-unsaturated/α-hetero) is 1. The van der Waals surface area contributed by atoms with Crippen molar-refractivity contribution in [3.05, 3.63) is 47.0 Å². The number of nitrogens with zero attached hydrogens (tertiary/aromatic N) is 4. The molecule has 1 unspecified atom stereocenters. The van der Waals surface area contributed by atoms with Gasteiger partial charge in [-0.25, -0.2) is 18.4 Å². The molecule has 2 amide bonds. The molecular weight excluding hydrogens is 830 g/mol. The van der Waals surface area contributed by atoms with Crippen LogP contribution in [-0.2, 0) is 33.9 Å². The second kappa shape index (κ2) is 17.2. The van der Waals surface area contributed by atoms with Gasteiger partial charge >= 0.3 is 0 Å². The number of carbonyl (C=O) groups excluding carboxylic acids is 3. The molecule has 5 heterocycles. The molecule has 2 aromatic heterocycles. The zero-order chi connectivity index (χ0) is 42.5. The molecule has 0 spiro atoms. The number of ketones is 1. The lowest BCUT2D eigenvalue weighted by Gasteiger charge is -2.40. The third-order valence-corrected chi connectivity index (χ3v) is 16.1. The van der Waals surface area contributed by atoms with Crippen LogP contribution in [-0.4, -0.2) is 122 Å². The molecule has 2 aliphatic carbocycles. The van der Waals surface area contributed by atoms with Gasteiger partial charge in [0.1, 0.15) is 39.9 Å². The van der Waals surface area contributed by atoms with Crippen LogP contribution in [0.4, 0.5) is 0 Å². The van der Waals surface area contributed by atoms with E-state index in [0.717, 1.165) is 25.3 Å². The predicted molar refractivity (Wildman–Crippen MR) is 228 cm³/mol. The Hall–Kier alpha value is -3.67. The number of aromatic nitrogens is 2. The van der Waals surface area contributed by atoms with Crippen LogP contribution in [0.2, 0.25) is 5.02 Å².